The number of carbonyl (C=O) groups is 1. The van der Waals surface area contributed by atoms with Crippen LogP contribution in [0.2, 0.25) is 0 Å². The smallest absolute Gasteiger partial charge is 0.324 e. The summed E-state index contributed by atoms with van der Waals surface area (Å²) in [5.74, 6) is -0.497. The first-order valence-electron chi connectivity index (χ1n) is 11.4. The highest BCUT2D eigenvalue weighted by molar-refractivity contribution is 6.86. The summed E-state index contributed by atoms with van der Waals surface area (Å²) in [4.78, 5) is 25.1. The fraction of sp³-hybridized carbons (Fsp3) is 0.320. The van der Waals surface area contributed by atoms with Crippen molar-refractivity contribution in [2.75, 3.05) is 18.9 Å². The Labute approximate surface area is 206 Å². The zero-order chi connectivity index (χ0) is 25.6. The second kappa shape index (κ2) is 11.1. The van der Waals surface area contributed by atoms with Gasteiger partial charge in [0.25, 0.3) is 0 Å². The van der Waals surface area contributed by atoms with E-state index in [9.17, 15) is 9.90 Å². The van der Waals surface area contributed by atoms with Crippen LogP contribution in [0.5, 0.6) is 0 Å². The minimum absolute atomic E-state index is 0.157. The third-order valence-electron chi connectivity index (χ3n) is 5.70. The van der Waals surface area contributed by atoms with E-state index in [0.717, 1.165) is 28.0 Å². The van der Waals surface area contributed by atoms with Gasteiger partial charge >= 0.3 is 5.97 Å². The normalized spacial score (nSPS) is 13.9. The third kappa shape index (κ3) is 6.63. The fourth-order valence-electron chi connectivity index (χ4n) is 3.66. The van der Waals surface area contributed by atoms with Crippen molar-refractivity contribution in [2.45, 2.75) is 34.2 Å². The molecule has 0 radical (unpaired) electrons. The second-order valence-electron chi connectivity index (χ2n) is 9.38. The molecule has 2 aromatic rings. The van der Waals surface area contributed by atoms with Crippen LogP contribution in [0, 0.1) is 17.7 Å². The fourth-order valence-corrected chi connectivity index (χ4v) is 3.66. The van der Waals surface area contributed by atoms with Gasteiger partial charge in [0.1, 0.15) is 0 Å². The highest BCUT2D eigenvalue weighted by atomic mass is 16.4. The highest BCUT2D eigenvalue weighted by Gasteiger charge is 2.30. The van der Waals surface area contributed by atoms with Crippen molar-refractivity contribution in [3.05, 3.63) is 64.7 Å². The lowest BCUT2D eigenvalue weighted by atomic mass is 9.58. The van der Waals surface area contributed by atoms with Gasteiger partial charge < -0.3 is 26.5 Å². The number of benzene rings is 1. The van der Waals surface area contributed by atoms with Gasteiger partial charge in [-0.15, -0.1) is 0 Å². The van der Waals surface area contributed by atoms with Crippen molar-refractivity contribution < 1.29 is 9.90 Å². The molecule has 1 aliphatic rings. The Hall–Kier alpha value is -3.79. The number of aromatic nitrogens is 2. The molecule has 0 atom stereocenters. The van der Waals surface area contributed by atoms with E-state index < -0.39 is 5.97 Å². The first-order chi connectivity index (χ1) is 16.6. The van der Waals surface area contributed by atoms with E-state index in [1.807, 2.05) is 25.1 Å². The van der Waals surface area contributed by atoms with E-state index >= 15 is 0 Å². The van der Waals surface area contributed by atoms with Gasteiger partial charge in [0.2, 0.25) is 13.2 Å². The Morgan fingerprint density at radius 3 is 2.63 bits per heavy atom. The van der Waals surface area contributed by atoms with E-state index in [1.54, 1.807) is 19.4 Å². The number of nitrogens with one attached hydrogen (secondary N) is 4. The largest absolute Gasteiger partial charge is 0.478 e. The molecular weight excluding hydrogens is 441 g/mol. The minimum atomic E-state index is -0.904. The number of nitrogens with zero attached hydrogens (tertiary/aromatic N) is 3. The van der Waals surface area contributed by atoms with Crippen LogP contribution < -0.4 is 16.0 Å². The Bertz CT molecular complexity index is 1210. The van der Waals surface area contributed by atoms with Crippen LogP contribution in [-0.2, 0) is 11.3 Å². The van der Waals surface area contributed by atoms with E-state index in [2.05, 4.69) is 57.7 Å². The minimum Gasteiger partial charge on any atom is -0.478 e. The lowest BCUT2D eigenvalue weighted by Crippen LogP contribution is -2.26. The van der Waals surface area contributed by atoms with Crippen LogP contribution in [0.15, 0.2) is 58.5 Å². The molecule has 182 valence electrons. The molecule has 0 spiro atoms. The molecule has 9 nitrogen and oxygen atoms in total. The summed E-state index contributed by atoms with van der Waals surface area (Å²) >= 11 is 0. The lowest BCUT2D eigenvalue weighted by Gasteiger charge is -2.18. The van der Waals surface area contributed by atoms with Gasteiger partial charge in [0.15, 0.2) is 0 Å². The standard InChI is InChI=1S/C25H32BN7O2/c1-15-10-16(19-8-9-30-24(33-19)31-18(11-27)13-28-5)6-7-17(15)12-29-14-20-21(22(34)35)26-23(32-20)25(2,3)4/h6-11,13,26-29H,12,14H2,1-5H3,(H,34,35)(H,30,31,33)/b18-13+,27-11?. The predicted octanol–water partition coefficient (Wildman–Crippen LogP) is 2.85. The molecule has 2 heterocycles. The van der Waals surface area contributed by atoms with Crippen LogP contribution in [0.25, 0.3) is 11.3 Å². The van der Waals surface area contributed by atoms with E-state index in [4.69, 9.17) is 5.41 Å². The van der Waals surface area contributed by atoms with Gasteiger partial charge in [-0.1, -0.05) is 32.9 Å². The molecule has 0 saturated carbocycles. The van der Waals surface area contributed by atoms with Gasteiger partial charge in [-0.05, 0) is 41.2 Å². The molecule has 0 unspecified atom stereocenters. The summed E-state index contributed by atoms with van der Waals surface area (Å²) in [5.41, 5.74) is 6.20. The van der Waals surface area contributed by atoms with Crippen molar-refractivity contribution in [3.63, 3.8) is 0 Å². The average molecular weight is 473 g/mol. The third-order valence-corrected chi connectivity index (χ3v) is 5.70. The Morgan fingerprint density at radius 1 is 1.23 bits per heavy atom. The van der Waals surface area contributed by atoms with Crippen molar-refractivity contribution >= 4 is 31.0 Å². The van der Waals surface area contributed by atoms with Crippen molar-refractivity contribution in [2.24, 2.45) is 10.4 Å². The number of carboxylic acid groups (broad SMARTS) is 1. The topological polar surface area (TPSA) is 135 Å². The molecule has 1 aromatic heterocycles. The van der Waals surface area contributed by atoms with Gasteiger partial charge in [-0.2, -0.15) is 0 Å². The van der Waals surface area contributed by atoms with Gasteiger partial charge in [0, 0.05) is 49.8 Å². The maximum Gasteiger partial charge on any atom is 0.324 e. The molecule has 5 N–H and O–H groups in total. The quantitative estimate of drug-likeness (QED) is 0.265. The second-order valence-corrected chi connectivity index (χ2v) is 9.38. The number of hydrogen-bond donors (Lipinski definition) is 5. The molecule has 3 rings (SSSR count). The van der Waals surface area contributed by atoms with Crippen molar-refractivity contribution in [3.8, 4) is 11.3 Å². The Kier molecular flexibility index (Phi) is 8.19. The number of anilines is 1. The van der Waals surface area contributed by atoms with Crippen molar-refractivity contribution in [1.29, 1.82) is 5.41 Å². The molecule has 0 saturated heterocycles. The maximum atomic E-state index is 11.7. The first kappa shape index (κ1) is 25.8. The SMILES string of the molecule is CN/C=C(\C=N)Nc1nccc(-c2ccc(CNCC3=C(C(=O)O)BC(C(C)(C)C)=N3)c(C)c2)n1. The van der Waals surface area contributed by atoms with E-state index in [-0.39, 0.29) is 5.41 Å². The number of hydrogen-bond acceptors (Lipinski definition) is 8. The van der Waals surface area contributed by atoms with Crippen LogP contribution in [0.3, 0.4) is 0 Å². The van der Waals surface area contributed by atoms with Crippen LogP contribution >= 0.6 is 0 Å². The van der Waals surface area contributed by atoms with Gasteiger partial charge in [-0.3, -0.25) is 4.99 Å². The Morgan fingerprint density at radius 2 is 2.00 bits per heavy atom. The van der Waals surface area contributed by atoms with E-state index in [1.165, 1.54) is 6.21 Å². The van der Waals surface area contributed by atoms with Crippen molar-refractivity contribution in [1.82, 2.24) is 20.6 Å². The van der Waals surface area contributed by atoms with Crippen LogP contribution in [0.4, 0.5) is 5.95 Å². The van der Waals surface area contributed by atoms with Crippen LogP contribution in [-0.4, -0.2) is 53.7 Å². The molecule has 35 heavy (non-hydrogen) atoms. The summed E-state index contributed by atoms with van der Waals surface area (Å²) in [7, 11) is 2.15. The molecule has 0 bridgehead atoms. The number of aliphatic carboxylic acids is 1. The Balaban J connectivity index is 1.69. The zero-order valence-corrected chi connectivity index (χ0v) is 20.9. The molecule has 1 aromatic carbocycles. The van der Waals surface area contributed by atoms with Crippen LogP contribution in [0.1, 0.15) is 31.9 Å². The summed E-state index contributed by atoms with van der Waals surface area (Å²) in [6, 6.07) is 7.96. The summed E-state index contributed by atoms with van der Waals surface area (Å²) < 4.78 is 0. The monoisotopic (exact) mass is 473 g/mol. The molecule has 0 fully saturated rings. The molecule has 0 aliphatic carbocycles. The summed E-state index contributed by atoms with van der Waals surface area (Å²) in [5, 5.41) is 26.3. The number of carboxylic acids is 1. The van der Waals surface area contributed by atoms with Gasteiger partial charge in [0.05, 0.1) is 17.1 Å². The summed E-state index contributed by atoms with van der Waals surface area (Å²) in [6.45, 7) is 9.19. The maximum absolute atomic E-state index is 11.7. The molecule has 1 aliphatic heterocycles. The summed E-state index contributed by atoms with van der Waals surface area (Å²) in [6.07, 6.45) is 4.53. The number of aliphatic imine (C=N–C) groups is 1. The first-order valence-corrected chi connectivity index (χ1v) is 11.4. The predicted molar refractivity (Wildman–Crippen MR) is 142 cm³/mol. The number of aryl methyl sites for hydroxylation is 1. The highest BCUT2D eigenvalue weighted by Crippen LogP contribution is 2.25. The molecule has 0 amide bonds. The molecular formula is C25H32BN7O2. The lowest BCUT2D eigenvalue weighted by molar-refractivity contribution is -0.131. The van der Waals surface area contributed by atoms with Gasteiger partial charge in [-0.25, -0.2) is 14.8 Å². The number of allylic oxidation sites excluding steroid dienone is 1. The molecule has 10 heteroatoms. The zero-order valence-electron chi connectivity index (χ0n) is 20.9. The number of rotatable bonds is 10. The average Bonchev–Trinajstić information content (AvgIpc) is 3.25. The van der Waals surface area contributed by atoms with E-state index in [0.29, 0.717) is 43.2 Å².